The van der Waals surface area contributed by atoms with Crippen molar-refractivity contribution < 1.29 is 9.72 Å². The molecular formula is C20H18N4O3S. The van der Waals surface area contributed by atoms with E-state index in [4.69, 9.17) is 0 Å². The van der Waals surface area contributed by atoms with Crippen LogP contribution >= 0.6 is 11.3 Å². The van der Waals surface area contributed by atoms with Crippen LogP contribution in [0, 0.1) is 17.0 Å². The average Bonchev–Trinajstić information content (AvgIpc) is 3.29. The van der Waals surface area contributed by atoms with Gasteiger partial charge < -0.3 is 4.90 Å². The Morgan fingerprint density at radius 1 is 1.25 bits per heavy atom. The summed E-state index contributed by atoms with van der Waals surface area (Å²) >= 11 is 1.45. The molecule has 2 amide bonds. The van der Waals surface area contributed by atoms with Gasteiger partial charge in [-0.2, -0.15) is 0 Å². The Bertz CT molecular complexity index is 1060. The number of nitrogens with one attached hydrogen (secondary N) is 1. The summed E-state index contributed by atoms with van der Waals surface area (Å²) in [6, 6.07) is 12.7. The first kappa shape index (κ1) is 18.1. The molecule has 0 radical (unpaired) electrons. The number of anilines is 1. The molecule has 0 atom stereocenters. The highest BCUT2D eigenvalue weighted by molar-refractivity contribution is 7.15. The molecule has 2 aromatic carbocycles. The number of urea groups is 1. The van der Waals surface area contributed by atoms with Crippen LogP contribution in [0.25, 0.3) is 0 Å². The molecule has 8 heteroatoms. The number of hydrogen-bond acceptors (Lipinski definition) is 5. The van der Waals surface area contributed by atoms with Gasteiger partial charge in [0.05, 0.1) is 4.92 Å². The van der Waals surface area contributed by atoms with E-state index in [9.17, 15) is 14.9 Å². The summed E-state index contributed by atoms with van der Waals surface area (Å²) < 4.78 is 0. The Kier molecular flexibility index (Phi) is 4.79. The number of rotatable bonds is 4. The number of nitro groups is 1. The maximum Gasteiger partial charge on any atom is 0.324 e. The molecule has 1 aromatic heterocycles. The van der Waals surface area contributed by atoms with Crippen LogP contribution in [-0.2, 0) is 19.5 Å². The molecule has 0 saturated carbocycles. The van der Waals surface area contributed by atoms with E-state index in [0.717, 1.165) is 22.4 Å². The fraction of sp³-hybridized carbons (Fsp3) is 0.200. The highest BCUT2D eigenvalue weighted by atomic mass is 32.1. The third-order valence-electron chi connectivity index (χ3n) is 4.80. The molecule has 28 heavy (non-hydrogen) atoms. The zero-order valence-corrected chi connectivity index (χ0v) is 16.0. The Morgan fingerprint density at radius 3 is 2.82 bits per heavy atom. The Morgan fingerprint density at radius 2 is 2.04 bits per heavy atom. The van der Waals surface area contributed by atoms with Crippen molar-refractivity contribution in [3.05, 3.63) is 85.9 Å². The molecular weight excluding hydrogens is 376 g/mol. The molecule has 0 fully saturated rings. The lowest BCUT2D eigenvalue weighted by atomic mass is 10.1. The smallest absolute Gasteiger partial charge is 0.316 e. The monoisotopic (exact) mass is 394 g/mol. The summed E-state index contributed by atoms with van der Waals surface area (Å²) in [5.74, 6) is 0. The minimum Gasteiger partial charge on any atom is -0.316 e. The van der Waals surface area contributed by atoms with Crippen LogP contribution in [0.1, 0.15) is 27.1 Å². The SMILES string of the molecule is Cc1ccccc1Cc1cnc(NC(=O)N2Cc3ccc([N+](=O)[O-])cc3C2)s1. The number of aryl methyl sites for hydroxylation is 1. The normalized spacial score (nSPS) is 12.7. The van der Waals surface area contributed by atoms with Crippen molar-refractivity contribution in [1.82, 2.24) is 9.88 Å². The highest BCUT2D eigenvalue weighted by Gasteiger charge is 2.25. The molecule has 0 unspecified atom stereocenters. The van der Waals surface area contributed by atoms with Crippen LogP contribution < -0.4 is 5.32 Å². The van der Waals surface area contributed by atoms with E-state index in [-0.39, 0.29) is 11.7 Å². The first-order chi connectivity index (χ1) is 13.5. The summed E-state index contributed by atoms with van der Waals surface area (Å²) in [4.78, 5) is 30.1. The number of fused-ring (bicyclic) bond motifs is 1. The number of nitro benzene ring substituents is 1. The van der Waals surface area contributed by atoms with Gasteiger partial charge in [-0.15, -0.1) is 11.3 Å². The maximum absolute atomic E-state index is 12.6. The molecule has 1 aliphatic heterocycles. The molecule has 0 spiro atoms. The zero-order valence-electron chi connectivity index (χ0n) is 15.2. The van der Waals surface area contributed by atoms with Crippen LogP contribution in [0.15, 0.2) is 48.7 Å². The zero-order chi connectivity index (χ0) is 19.7. The van der Waals surface area contributed by atoms with Crippen molar-refractivity contribution in [3.63, 3.8) is 0 Å². The van der Waals surface area contributed by atoms with Crippen LogP contribution in [0.2, 0.25) is 0 Å². The van der Waals surface area contributed by atoms with Gasteiger partial charge in [0.25, 0.3) is 5.69 Å². The largest absolute Gasteiger partial charge is 0.324 e. The van der Waals surface area contributed by atoms with Gasteiger partial charge in [0.1, 0.15) is 0 Å². The number of aromatic nitrogens is 1. The molecule has 4 rings (SSSR count). The molecule has 1 N–H and O–H groups in total. The van der Waals surface area contributed by atoms with Crippen molar-refractivity contribution in [2.45, 2.75) is 26.4 Å². The number of nitrogens with zero attached hydrogens (tertiary/aromatic N) is 3. The van der Waals surface area contributed by atoms with Gasteiger partial charge in [-0.1, -0.05) is 30.3 Å². The number of carbonyl (C=O) groups is 1. The molecule has 0 saturated heterocycles. The van der Waals surface area contributed by atoms with Crippen LogP contribution in [0.4, 0.5) is 15.6 Å². The summed E-state index contributed by atoms with van der Waals surface area (Å²) in [6.07, 6.45) is 2.56. The summed E-state index contributed by atoms with van der Waals surface area (Å²) in [5, 5.41) is 14.3. The second kappa shape index (κ2) is 7.40. The number of hydrogen-bond donors (Lipinski definition) is 1. The fourth-order valence-electron chi connectivity index (χ4n) is 3.25. The summed E-state index contributed by atoms with van der Waals surface area (Å²) in [5.41, 5.74) is 4.25. The first-order valence-electron chi connectivity index (χ1n) is 8.81. The topological polar surface area (TPSA) is 88.4 Å². The van der Waals surface area contributed by atoms with Crippen molar-refractivity contribution in [2.75, 3.05) is 5.32 Å². The van der Waals surface area contributed by atoms with E-state index in [1.807, 2.05) is 12.1 Å². The fourth-order valence-corrected chi connectivity index (χ4v) is 4.08. The lowest BCUT2D eigenvalue weighted by Gasteiger charge is -2.14. The maximum atomic E-state index is 12.6. The predicted molar refractivity (Wildman–Crippen MR) is 107 cm³/mol. The average molecular weight is 394 g/mol. The molecule has 0 bridgehead atoms. The van der Waals surface area contributed by atoms with E-state index < -0.39 is 4.92 Å². The van der Waals surface area contributed by atoms with E-state index in [1.165, 1.54) is 34.6 Å². The minimum atomic E-state index is -0.422. The number of non-ortho nitro benzene ring substituents is 1. The van der Waals surface area contributed by atoms with Crippen LogP contribution in [-0.4, -0.2) is 20.8 Å². The van der Waals surface area contributed by atoms with Crippen molar-refractivity contribution in [3.8, 4) is 0 Å². The number of thiazole rings is 1. The van der Waals surface area contributed by atoms with Crippen molar-refractivity contribution in [2.24, 2.45) is 0 Å². The number of amides is 2. The van der Waals surface area contributed by atoms with E-state index in [1.54, 1.807) is 17.2 Å². The molecule has 1 aliphatic rings. The third kappa shape index (κ3) is 3.72. The standard InChI is InChI=1S/C20H18N4O3S/c1-13-4-2-3-5-14(13)9-18-10-21-19(28-18)22-20(25)23-11-15-6-7-17(24(26)27)8-16(15)12-23/h2-8,10H,9,11-12H2,1H3,(H,21,22,25). The second-order valence-electron chi connectivity index (χ2n) is 6.73. The second-order valence-corrected chi connectivity index (χ2v) is 7.85. The van der Waals surface area contributed by atoms with Gasteiger partial charge in [-0.3, -0.25) is 15.4 Å². The molecule has 7 nitrogen and oxygen atoms in total. The van der Waals surface area contributed by atoms with Crippen molar-refractivity contribution in [1.29, 1.82) is 0 Å². The Balaban J connectivity index is 1.40. The van der Waals surface area contributed by atoms with Gasteiger partial charge in [-0.25, -0.2) is 9.78 Å². The van der Waals surface area contributed by atoms with Crippen LogP contribution in [0.3, 0.4) is 0 Å². The van der Waals surface area contributed by atoms with Crippen LogP contribution in [0.5, 0.6) is 0 Å². The predicted octanol–water partition coefficient (Wildman–Crippen LogP) is 4.50. The first-order valence-corrected chi connectivity index (χ1v) is 9.62. The lowest BCUT2D eigenvalue weighted by molar-refractivity contribution is -0.384. The molecule has 2 heterocycles. The van der Waals surface area contributed by atoms with Gasteiger partial charge in [0, 0.05) is 42.7 Å². The van der Waals surface area contributed by atoms with Gasteiger partial charge >= 0.3 is 6.03 Å². The number of carbonyl (C=O) groups excluding carboxylic acids is 1. The third-order valence-corrected chi connectivity index (χ3v) is 5.72. The van der Waals surface area contributed by atoms with Gasteiger partial charge in [-0.05, 0) is 29.2 Å². The quantitative estimate of drug-likeness (QED) is 0.521. The van der Waals surface area contributed by atoms with E-state index >= 15 is 0 Å². The number of benzene rings is 2. The Labute approximate surface area is 165 Å². The lowest BCUT2D eigenvalue weighted by Crippen LogP contribution is -2.30. The van der Waals surface area contributed by atoms with E-state index in [2.05, 4.69) is 29.4 Å². The van der Waals surface area contributed by atoms with Gasteiger partial charge in [0.15, 0.2) is 5.13 Å². The van der Waals surface area contributed by atoms with Gasteiger partial charge in [0.2, 0.25) is 0 Å². The Hall–Kier alpha value is -3.26. The summed E-state index contributed by atoms with van der Waals surface area (Å²) in [7, 11) is 0. The molecule has 3 aromatic rings. The van der Waals surface area contributed by atoms with E-state index in [0.29, 0.717) is 18.2 Å². The minimum absolute atomic E-state index is 0.0433. The molecule has 142 valence electrons. The van der Waals surface area contributed by atoms with Crippen molar-refractivity contribution >= 4 is 28.2 Å². The highest BCUT2D eigenvalue weighted by Crippen LogP contribution is 2.28. The summed E-state index contributed by atoms with van der Waals surface area (Å²) in [6.45, 7) is 2.86. The molecule has 0 aliphatic carbocycles.